The van der Waals surface area contributed by atoms with E-state index in [4.69, 9.17) is 4.42 Å². The first-order valence-corrected chi connectivity index (χ1v) is 23.2. The lowest BCUT2D eigenvalue weighted by atomic mass is 9.81. The van der Waals surface area contributed by atoms with Crippen LogP contribution in [0.4, 0.5) is 0 Å². The Morgan fingerprint density at radius 3 is 1.00 bits per heavy atom. The minimum absolute atomic E-state index is 0.894. The molecule has 0 N–H and O–H groups in total. The van der Waals surface area contributed by atoms with Crippen LogP contribution in [0.15, 0.2) is 235 Å². The maximum atomic E-state index is 6.73. The molecule has 0 aliphatic rings. The zero-order valence-corrected chi connectivity index (χ0v) is 36.3. The predicted molar refractivity (Wildman–Crippen MR) is 288 cm³/mol. The zero-order valence-electron chi connectivity index (χ0n) is 36.3. The lowest BCUT2D eigenvalue weighted by molar-refractivity contribution is 0.669. The summed E-state index contributed by atoms with van der Waals surface area (Å²) in [7, 11) is 0. The lowest BCUT2D eigenvalue weighted by Gasteiger charge is -2.22. The summed E-state index contributed by atoms with van der Waals surface area (Å²) in [5, 5.41) is 24.7. The van der Waals surface area contributed by atoms with Gasteiger partial charge in [0.15, 0.2) is 0 Å². The molecule has 0 radical (unpaired) electrons. The quantitative estimate of drug-likeness (QED) is 0.128. The second-order valence-corrected chi connectivity index (χ2v) is 18.2. The SMILES string of the molecule is c1ccc2c(c1)ccc1ccc(-c3c4ccccc4c(-c4c5ccccc5c(-c5ccc6oc7cc8c9ccccc9c9ccccc9c8cc7c6c5)c5ccccc45)c4ccccc34)cc12. The van der Waals surface area contributed by atoms with Gasteiger partial charge in [-0.15, -0.1) is 0 Å². The third-order valence-corrected chi connectivity index (χ3v) is 14.8. The zero-order chi connectivity index (χ0) is 43.7. The number of benzene rings is 14. The Balaban J connectivity index is 0.997. The van der Waals surface area contributed by atoms with Gasteiger partial charge in [0.25, 0.3) is 0 Å². The number of hydrogen-bond donors (Lipinski definition) is 0. The summed E-state index contributed by atoms with van der Waals surface area (Å²) in [4.78, 5) is 0. The number of fused-ring (bicyclic) bond motifs is 16. The van der Waals surface area contributed by atoms with Crippen LogP contribution in [0.25, 0.3) is 152 Å². The van der Waals surface area contributed by atoms with E-state index in [0.29, 0.717) is 0 Å². The smallest absolute Gasteiger partial charge is 0.136 e. The van der Waals surface area contributed by atoms with Crippen molar-refractivity contribution >= 4 is 119 Å². The van der Waals surface area contributed by atoms with Crippen molar-refractivity contribution in [2.24, 2.45) is 0 Å². The van der Waals surface area contributed by atoms with E-state index in [0.717, 1.165) is 21.9 Å². The van der Waals surface area contributed by atoms with E-state index in [9.17, 15) is 0 Å². The van der Waals surface area contributed by atoms with Crippen molar-refractivity contribution in [3.8, 4) is 33.4 Å². The average molecular weight is 847 g/mol. The molecule has 0 fully saturated rings. The first-order valence-electron chi connectivity index (χ1n) is 23.2. The molecule has 0 atom stereocenters. The molecule has 1 heteroatoms. The highest BCUT2D eigenvalue weighted by molar-refractivity contribution is 6.31. The molecule has 308 valence electrons. The Morgan fingerprint density at radius 2 is 0.507 bits per heavy atom. The molecule has 0 aliphatic carbocycles. The number of rotatable bonds is 3. The van der Waals surface area contributed by atoms with E-state index in [1.807, 2.05) is 0 Å². The molecule has 0 saturated carbocycles. The van der Waals surface area contributed by atoms with Crippen LogP contribution in [0.5, 0.6) is 0 Å². The molecule has 0 aliphatic heterocycles. The van der Waals surface area contributed by atoms with Crippen LogP contribution in [0, 0.1) is 0 Å². The van der Waals surface area contributed by atoms with Gasteiger partial charge in [-0.2, -0.15) is 0 Å². The fourth-order valence-corrected chi connectivity index (χ4v) is 11.9. The highest BCUT2D eigenvalue weighted by Gasteiger charge is 2.23. The van der Waals surface area contributed by atoms with Crippen LogP contribution in [-0.4, -0.2) is 0 Å². The van der Waals surface area contributed by atoms with E-state index in [1.165, 1.54) is 130 Å². The van der Waals surface area contributed by atoms with Gasteiger partial charge in [0, 0.05) is 10.8 Å². The minimum Gasteiger partial charge on any atom is -0.456 e. The summed E-state index contributed by atoms with van der Waals surface area (Å²) < 4.78 is 6.73. The Kier molecular flexibility index (Phi) is 7.56. The Bertz CT molecular complexity index is 4510. The third-order valence-electron chi connectivity index (χ3n) is 14.8. The number of hydrogen-bond acceptors (Lipinski definition) is 1. The number of furan rings is 1. The van der Waals surface area contributed by atoms with Crippen LogP contribution >= 0.6 is 0 Å². The molecule has 0 spiro atoms. The van der Waals surface area contributed by atoms with Gasteiger partial charge in [-0.1, -0.05) is 200 Å². The van der Waals surface area contributed by atoms with Gasteiger partial charge >= 0.3 is 0 Å². The fourth-order valence-electron chi connectivity index (χ4n) is 11.9. The molecule has 15 rings (SSSR count). The van der Waals surface area contributed by atoms with Crippen molar-refractivity contribution in [3.05, 3.63) is 231 Å². The van der Waals surface area contributed by atoms with Crippen molar-refractivity contribution in [1.82, 2.24) is 0 Å². The molecule has 0 unspecified atom stereocenters. The molecule has 0 saturated heterocycles. The molecule has 14 aromatic carbocycles. The van der Waals surface area contributed by atoms with Crippen molar-refractivity contribution < 1.29 is 4.42 Å². The molecule has 0 amide bonds. The van der Waals surface area contributed by atoms with Gasteiger partial charge in [0.2, 0.25) is 0 Å². The third kappa shape index (κ3) is 5.20. The average Bonchev–Trinajstić information content (AvgIpc) is 3.76. The largest absolute Gasteiger partial charge is 0.456 e. The first-order chi connectivity index (χ1) is 33.2. The van der Waals surface area contributed by atoms with Gasteiger partial charge in [-0.3, -0.25) is 0 Å². The molecule has 0 bridgehead atoms. The van der Waals surface area contributed by atoms with E-state index >= 15 is 0 Å². The fraction of sp³-hybridized carbons (Fsp3) is 0. The van der Waals surface area contributed by atoms with Gasteiger partial charge in [0.05, 0.1) is 0 Å². The topological polar surface area (TPSA) is 13.1 Å². The van der Waals surface area contributed by atoms with E-state index in [2.05, 4.69) is 231 Å². The van der Waals surface area contributed by atoms with E-state index in [-0.39, 0.29) is 0 Å². The van der Waals surface area contributed by atoms with E-state index in [1.54, 1.807) is 0 Å². The van der Waals surface area contributed by atoms with Crippen molar-refractivity contribution in [1.29, 1.82) is 0 Å². The predicted octanol–water partition coefficient (Wildman–Crippen LogP) is 19.0. The van der Waals surface area contributed by atoms with Crippen LogP contribution in [0.2, 0.25) is 0 Å². The molecular formula is C66H38O. The maximum absolute atomic E-state index is 6.73. The Labute approximate surface area is 385 Å². The Morgan fingerprint density at radius 1 is 0.179 bits per heavy atom. The van der Waals surface area contributed by atoms with Crippen LogP contribution in [0.1, 0.15) is 0 Å². The lowest BCUT2D eigenvalue weighted by Crippen LogP contribution is -1.94. The minimum atomic E-state index is 0.894. The summed E-state index contributed by atoms with van der Waals surface area (Å²) >= 11 is 0. The molecule has 67 heavy (non-hydrogen) atoms. The highest BCUT2D eigenvalue weighted by atomic mass is 16.3. The molecule has 1 aromatic heterocycles. The highest BCUT2D eigenvalue weighted by Crippen LogP contribution is 2.51. The van der Waals surface area contributed by atoms with Crippen LogP contribution in [-0.2, 0) is 0 Å². The monoisotopic (exact) mass is 846 g/mol. The van der Waals surface area contributed by atoms with Gasteiger partial charge in [-0.05, 0) is 161 Å². The van der Waals surface area contributed by atoms with Crippen molar-refractivity contribution in [2.75, 3.05) is 0 Å². The Hall–Kier alpha value is -8.78. The van der Waals surface area contributed by atoms with Gasteiger partial charge < -0.3 is 4.42 Å². The normalized spacial score (nSPS) is 12.2. The summed E-state index contributed by atoms with van der Waals surface area (Å²) in [5.41, 5.74) is 9.23. The maximum Gasteiger partial charge on any atom is 0.136 e. The molecule has 15 aromatic rings. The van der Waals surface area contributed by atoms with Crippen molar-refractivity contribution in [3.63, 3.8) is 0 Å². The summed E-state index contributed by atoms with van der Waals surface area (Å²) in [6.07, 6.45) is 0. The molecular weight excluding hydrogens is 809 g/mol. The van der Waals surface area contributed by atoms with Gasteiger partial charge in [-0.25, -0.2) is 0 Å². The van der Waals surface area contributed by atoms with Crippen LogP contribution in [0.3, 0.4) is 0 Å². The summed E-state index contributed by atoms with van der Waals surface area (Å²) in [6, 6.07) is 85.5. The summed E-state index contributed by atoms with van der Waals surface area (Å²) in [5.74, 6) is 0. The standard InChI is InChI=1S/C66H38O/c1-2-16-43-39(15-1)29-30-40-31-32-41(35-56(40)43)63-48-21-7-11-25-52(48)65(53-26-12-8-22-49(53)63)66-54-27-13-9-23-50(54)64(51-24-10-14-28-55(51)66)42-33-34-61-59(36-42)60-37-57-46-19-5-3-17-44(46)45-18-4-6-20-47(45)58(57)38-62(60)67-61/h1-38H. The van der Waals surface area contributed by atoms with Crippen LogP contribution < -0.4 is 0 Å². The second kappa shape index (κ2) is 13.9. The second-order valence-electron chi connectivity index (χ2n) is 18.2. The molecule has 1 heterocycles. The summed E-state index contributed by atoms with van der Waals surface area (Å²) in [6.45, 7) is 0. The van der Waals surface area contributed by atoms with E-state index < -0.39 is 0 Å². The molecule has 1 nitrogen and oxygen atoms in total. The first kappa shape index (κ1) is 36.5. The van der Waals surface area contributed by atoms with Crippen molar-refractivity contribution in [2.45, 2.75) is 0 Å². The van der Waals surface area contributed by atoms with Gasteiger partial charge in [0.1, 0.15) is 11.2 Å².